The van der Waals surface area contributed by atoms with Crippen LogP contribution in [0.3, 0.4) is 0 Å². The number of rotatable bonds is 7. The predicted octanol–water partition coefficient (Wildman–Crippen LogP) is 5.40. The summed E-state index contributed by atoms with van der Waals surface area (Å²) < 4.78 is 11.6. The fourth-order valence-electron chi connectivity index (χ4n) is 4.03. The third-order valence-electron chi connectivity index (χ3n) is 5.53. The molecule has 0 spiro atoms. The fraction of sp³-hybridized carbons (Fsp3) is 0.320. The van der Waals surface area contributed by atoms with E-state index in [0.717, 1.165) is 30.2 Å². The highest BCUT2D eigenvalue weighted by Gasteiger charge is 2.24. The maximum absolute atomic E-state index is 6.00. The van der Waals surface area contributed by atoms with E-state index in [2.05, 4.69) is 40.2 Å². The number of piperidine rings is 1. The number of ether oxygens (including phenoxy) is 2. The lowest BCUT2D eigenvalue weighted by molar-refractivity contribution is 0.140. The summed E-state index contributed by atoms with van der Waals surface area (Å²) in [4.78, 5) is 6.88. The lowest BCUT2D eigenvalue weighted by atomic mass is 9.95. The van der Waals surface area contributed by atoms with Gasteiger partial charge in [0.2, 0.25) is 0 Å². The van der Waals surface area contributed by atoms with Gasteiger partial charge in [0.15, 0.2) is 11.5 Å². The Hall–Kier alpha value is -2.85. The van der Waals surface area contributed by atoms with Gasteiger partial charge in [-0.2, -0.15) is 0 Å². The Morgan fingerprint density at radius 1 is 0.966 bits per heavy atom. The van der Waals surface area contributed by atoms with Crippen molar-refractivity contribution in [2.45, 2.75) is 38.5 Å². The summed E-state index contributed by atoms with van der Waals surface area (Å²) in [7, 11) is 1.70. The van der Waals surface area contributed by atoms with E-state index in [0.29, 0.717) is 12.6 Å². The van der Waals surface area contributed by atoms with Crippen molar-refractivity contribution in [2.75, 3.05) is 13.7 Å². The third-order valence-corrected chi connectivity index (χ3v) is 5.53. The number of pyridine rings is 1. The van der Waals surface area contributed by atoms with Crippen molar-refractivity contribution in [2.24, 2.45) is 0 Å². The second-order valence-corrected chi connectivity index (χ2v) is 7.53. The summed E-state index contributed by atoms with van der Waals surface area (Å²) in [6.45, 7) is 2.54. The van der Waals surface area contributed by atoms with Crippen LogP contribution < -0.4 is 9.47 Å². The lowest BCUT2D eigenvalue weighted by Crippen LogP contribution is -2.33. The van der Waals surface area contributed by atoms with Gasteiger partial charge in [0, 0.05) is 25.0 Å². The van der Waals surface area contributed by atoms with Gasteiger partial charge in [-0.1, -0.05) is 48.9 Å². The first-order chi connectivity index (χ1) is 14.3. The highest BCUT2D eigenvalue weighted by molar-refractivity contribution is 5.43. The van der Waals surface area contributed by atoms with E-state index >= 15 is 0 Å². The molecule has 2 aromatic carbocycles. The topological polar surface area (TPSA) is 34.6 Å². The Balaban J connectivity index is 1.46. The molecule has 4 heteroatoms. The Bertz CT molecular complexity index is 899. The second kappa shape index (κ2) is 9.57. The standard InChI is InChI=1S/C25H28N2O2/c1-28-25-16-21(12-13-24(25)29-19-20-8-3-2-4-9-20)18-27-15-6-5-11-23(27)22-10-7-14-26-17-22/h2-4,7-10,12-14,16-17,23H,5-6,11,15,18-19H2,1H3. The summed E-state index contributed by atoms with van der Waals surface area (Å²) in [5.74, 6) is 1.57. The van der Waals surface area contributed by atoms with E-state index < -0.39 is 0 Å². The molecule has 0 N–H and O–H groups in total. The third kappa shape index (κ3) is 4.96. The summed E-state index contributed by atoms with van der Waals surface area (Å²) >= 11 is 0. The highest BCUT2D eigenvalue weighted by Crippen LogP contribution is 2.34. The molecular formula is C25H28N2O2. The lowest BCUT2D eigenvalue weighted by Gasteiger charge is -2.36. The molecule has 0 bridgehead atoms. The number of benzene rings is 2. The smallest absolute Gasteiger partial charge is 0.161 e. The number of aromatic nitrogens is 1. The van der Waals surface area contributed by atoms with Crippen molar-refractivity contribution in [3.8, 4) is 11.5 Å². The van der Waals surface area contributed by atoms with Gasteiger partial charge in [-0.15, -0.1) is 0 Å². The number of methoxy groups -OCH3 is 1. The minimum atomic E-state index is 0.428. The molecule has 1 unspecified atom stereocenters. The molecule has 0 radical (unpaired) electrons. The zero-order valence-corrected chi connectivity index (χ0v) is 17.0. The number of likely N-dealkylation sites (tertiary alicyclic amines) is 1. The second-order valence-electron chi connectivity index (χ2n) is 7.53. The Morgan fingerprint density at radius 3 is 2.66 bits per heavy atom. The van der Waals surface area contributed by atoms with E-state index in [1.807, 2.05) is 42.7 Å². The minimum absolute atomic E-state index is 0.428. The maximum Gasteiger partial charge on any atom is 0.161 e. The van der Waals surface area contributed by atoms with Crippen LogP contribution in [0.4, 0.5) is 0 Å². The van der Waals surface area contributed by atoms with Crippen molar-refractivity contribution in [3.63, 3.8) is 0 Å². The number of hydrogen-bond donors (Lipinski definition) is 0. The first kappa shape index (κ1) is 19.5. The van der Waals surface area contributed by atoms with Crippen LogP contribution in [0.25, 0.3) is 0 Å². The highest BCUT2D eigenvalue weighted by atomic mass is 16.5. The predicted molar refractivity (Wildman–Crippen MR) is 115 cm³/mol. The Kier molecular flexibility index (Phi) is 6.42. The molecule has 1 aliphatic heterocycles. The van der Waals surface area contributed by atoms with Crippen LogP contribution in [0.1, 0.15) is 42.0 Å². The average Bonchev–Trinajstić information content (AvgIpc) is 2.80. The van der Waals surface area contributed by atoms with Crippen LogP contribution >= 0.6 is 0 Å². The van der Waals surface area contributed by atoms with Gasteiger partial charge in [-0.3, -0.25) is 9.88 Å². The summed E-state index contributed by atoms with van der Waals surface area (Å²) in [6.07, 6.45) is 7.54. The largest absolute Gasteiger partial charge is 0.493 e. The molecule has 1 atom stereocenters. The van der Waals surface area contributed by atoms with E-state index in [-0.39, 0.29) is 0 Å². The number of nitrogens with zero attached hydrogens (tertiary/aromatic N) is 2. The molecule has 1 aromatic heterocycles. The van der Waals surface area contributed by atoms with Gasteiger partial charge in [-0.05, 0) is 54.3 Å². The average molecular weight is 389 g/mol. The molecule has 2 heterocycles. The van der Waals surface area contributed by atoms with Gasteiger partial charge >= 0.3 is 0 Å². The Labute approximate surface area is 173 Å². The first-order valence-corrected chi connectivity index (χ1v) is 10.3. The van der Waals surface area contributed by atoms with Gasteiger partial charge in [-0.25, -0.2) is 0 Å². The molecule has 29 heavy (non-hydrogen) atoms. The van der Waals surface area contributed by atoms with Crippen molar-refractivity contribution >= 4 is 0 Å². The van der Waals surface area contributed by atoms with Crippen LogP contribution in [0.15, 0.2) is 73.1 Å². The van der Waals surface area contributed by atoms with Gasteiger partial charge in [0.05, 0.1) is 7.11 Å². The van der Waals surface area contributed by atoms with Crippen molar-refractivity contribution in [1.29, 1.82) is 0 Å². The van der Waals surface area contributed by atoms with E-state index in [1.54, 1.807) is 7.11 Å². The molecule has 0 saturated carbocycles. The maximum atomic E-state index is 6.00. The first-order valence-electron chi connectivity index (χ1n) is 10.3. The number of hydrogen-bond acceptors (Lipinski definition) is 4. The molecule has 4 rings (SSSR count). The zero-order valence-electron chi connectivity index (χ0n) is 17.0. The van der Waals surface area contributed by atoms with Crippen molar-refractivity contribution < 1.29 is 9.47 Å². The monoisotopic (exact) mass is 388 g/mol. The van der Waals surface area contributed by atoms with Crippen LogP contribution in [-0.4, -0.2) is 23.5 Å². The Morgan fingerprint density at radius 2 is 1.86 bits per heavy atom. The summed E-state index contributed by atoms with van der Waals surface area (Å²) in [6, 6.07) is 21.1. The van der Waals surface area contributed by atoms with Crippen LogP contribution in [-0.2, 0) is 13.2 Å². The molecule has 1 saturated heterocycles. The van der Waals surface area contributed by atoms with Crippen molar-refractivity contribution in [3.05, 3.63) is 89.7 Å². The summed E-state index contributed by atoms with van der Waals surface area (Å²) in [5, 5.41) is 0. The molecule has 0 aliphatic carbocycles. The SMILES string of the molecule is COc1cc(CN2CCCCC2c2cccnc2)ccc1OCc1ccccc1. The van der Waals surface area contributed by atoms with E-state index in [1.165, 1.54) is 30.4 Å². The van der Waals surface area contributed by atoms with Gasteiger partial charge < -0.3 is 9.47 Å². The van der Waals surface area contributed by atoms with Crippen molar-refractivity contribution in [1.82, 2.24) is 9.88 Å². The fourth-order valence-corrected chi connectivity index (χ4v) is 4.03. The molecule has 150 valence electrons. The molecule has 1 fully saturated rings. The van der Waals surface area contributed by atoms with Crippen LogP contribution in [0.2, 0.25) is 0 Å². The van der Waals surface area contributed by atoms with Crippen LogP contribution in [0, 0.1) is 0 Å². The zero-order chi connectivity index (χ0) is 19.9. The molecule has 1 aliphatic rings. The van der Waals surface area contributed by atoms with Gasteiger partial charge in [0.1, 0.15) is 6.61 Å². The molecule has 3 aromatic rings. The molecule has 0 amide bonds. The quantitative estimate of drug-likeness (QED) is 0.543. The normalized spacial score (nSPS) is 17.1. The van der Waals surface area contributed by atoms with E-state index in [9.17, 15) is 0 Å². The minimum Gasteiger partial charge on any atom is -0.493 e. The van der Waals surface area contributed by atoms with Gasteiger partial charge in [0.25, 0.3) is 0 Å². The van der Waals surface area contributed by atoms with Crippen LogP contribution in [0.5, 0.6) is 11.5 Å². The summed E-state index contributed by atoms with van der Waals surface area (Å²) in [5.41, 5.74) is 3.69. The molecule has 4 nitrogen and oxygen atoms in total. The molecular weight excluding hydrogens is 360 g/mol. The van der Waals surface area contributed by atoms with E-state index in [4.69, 9.17) is 9.47 Å².